The molecular weight excluding hydrogens is 458 g/mol. The number of hydrogen-bond donors (Lipinski definition) is 1. The minimum Gasteiger partial charge on any atom is -0.349 e. The van der Waals surface area contributed by atoms with Gasteiger partial charge in [0, 0.05) is 10.4 Å². The SMILES string of the molecule is CCC(C)(C)NC(=O)[C@@H](c1ccc(C)cc1)N(Cc1cccs1)C(=O)Cn1nnc2ccccc21. The van der Waals surface area contributed by atoms with Crippen molar-refractivity contribution in [2.24, 2.45) is 0 Å². The average molecular weight is 490 g/mol. The Bertz CT molecular complexity index is 1290. The third-order valence-electron chi connectivity index (χ3n) is 6.23. The highest BCUT2D eigenvalue weighted by Crippen LogP contribution is 2.27. The number of carbonyl (C=O) groups excluding carboxylic acids is 2. The predicted octanol–water partition coefficient (Wildman–Crippen LogP) is 4.88. The average Bonchev–Trinajstić information content (AvgIpc) is 3.50. The fourth-order valence-electron chi connectivity index (χ4n) is 3.86. The minimum atomic E-state index is -0.786. The van der Waals surface area contributed by atoms with E-state index in [1.165, 1.54) is 0 Å². The molecule has 2 aromatic heterocycles. The Hall–Kier alpha value is -3.52. The van der Waals surface area contributed by atoms with Crippen LogP contribution in [-0.2, 0) is 22.7 Å². The van der Waals surface area contributed by atoms with E-state index in [4.69, 9.17) is 0 Å². The molecule has 7 nitrogen and oxygen atoms in total. The fourth-order valence-corrected chi connectivity index (χ4v) is 4.56. The number of para-hydroxylation sites is 1. The van der Waals surface area contributed by atoms with Gasteiger partial charge in [0.25, 0.3) is 0 Å². The van der Waals surface area contributed by atoms with Crippen molar-refractivity contribution < 1.29 is 9.59 Å². The zero-order chi connectivity index (χ0) is 25.0. The molecule has 8 heteroatoms. The van der Waals surface area contributed by atoms with Gasteiger partial charge in [0.1, 0.15) is 18.1 Å². The van der Waals surface area contributed by atoms with Crippen molar-refractivity contribution in [3.8, 4) is 0 Å². The quantitative estimate of drug-likeness (QED) is 0.364. The lowest BCUT2D eigenvalue weighted by Crippen LogP contribution is -2.50. The van der Waals surface area contributed by atoms with Crippen molar-refractivity contribution in [1.82, 2.24) is 25.2 Å². The van der Waals surface area contributed by atoms with Crippen LogP contribution in [0, 0.1) is 6.92 Å². The predicted molar refractivity (Wildman–Crippen MR) is 139 cm³/mol. The summed E-state index contributed by atoms with van der Waals surface area (Å²) in [6.07, 6.45) is 0.767. The van der Waals surface area contributed by atoms with E-state index in [9.17, 15) is 9.59 Å². The van der Waals surface area contributed by atoms with E-state index < -0.39 is 11.6 Å². The standard InChI is InChI=1S/C27H31N5O2S/c1-5-27(3,4)28-26(34)25(20-14-12-19(2)13-15-20)31(17-21-9-8-16-35-21)24(33)18-32-23-11-7-6-10-22(23)29-30-32/h6-16,25H,5,17-18H2,1-4H3,(H,28,34)/t25-/m1/s1. The molecule has 0 unspecified atom stereocenters. The van der Waals surface area contributed by atoms with Gasteiger partial charge in [-0.25, -0.2) is 4.68 Å². The molecular formula is C27H31N5O2S. The summed E-state index contributed by atoms with van der Waals surface area (Å²) in [5.41, 5.74) is 2.96. The van der Waals surface area contributed by atoms with Crippen molar-refractivity contribution in [3.63, 3.8) is 0 Å². The summed E-state index contributed by atoms with van der Waals surface area (Å²) in [6.45, 7) is 8.32. The lowest BCUT2D eigenvalue weighted by Gasteiger charge is -2.34. The molecule has 2 amide bonds. The number of carbonyl (C=O) groups is 2. The van der Waals surface area contributed by atoms with Crippen LogP contribution in [-0.4, -0.2) is 37.2 Å². The monoisotopic (exact) mass is 489 g/mol. The van der Waals surface area contributed by atoms with E-state index in [0.717, 1.165) is 33.5 Å². The third-order valence-corrected chi connectivity index (χ3v) is 7.09. The number of benzene rings is 2. The molecule has 0 aliphatic heterocycles. The van der Waals surface area contributed by atoms with Crippen molar-refractivity contribution in [3.05, 3.63) is 82.0 Å². The maximum Gasteiger partial charge on any atom is 0.247 e. The van der Waals surface area contributed by atoms with Crippen molar-refractivity contribution in [1.29, 1.82) is 0 Å². The van der Waals surface area contributed by atoms with Crippen LogP contribution in [0.1, 0.15) is 49.2 Å². The van der Waals surface area contributed by atoms with Gasteiger partial charge in [0.15, 0.2) is 0 Å². The summed E-state index contributed by atoms with van der Waals surface area (Å²) >= 11 is 1.56. The number of thiophene rings is 1. The minimum absolute atomic E-state index is 0.0152. The van der Waals surface area contributed by atoms with Crippen LogP contribution >= 0.6 is 11.3 Å². The molecule has 0 bridgehead atoms. The Labute approximate surface area is 209 Å². The lowest BCUT2D eigenvalue weighted by molar-refractivity contribution is -0.142. The van der Waals surface area contributed by atoms with Gasteiger partial charge in [0.2, 0.25) is 11.8 Å². The molecule has 182 valence electrons. The number of nitrogens with zero attached hydrogens (tertiary/aromatic N) is 4. The summed E-state index contributed by atoms with van der Waals surface area (Å²) in [6, 6.07) is 18.5. The second-order valence-corrected chi connectivity index (χ2v) is 10.4. The number of nitrogens with one attached hydrogen (secondary N) is 1. The molecule has 0 aliphatic carbocycles. The van der Waals surface area contributed by atoms with E-state index in [-0.39, 0.29) is 18.4 Å². The van der Waals surface area contributed by atoms with Crippen LogP contribution in [0.3, 0.4) is 0 Å². The highest BCUT2D eigenvalue weighted by Gasteiger charge is 2.34. The summed E-state index contributed by atoms with van der Waals surface area (Å²) in [5, 5.41) is 13.5. The van der Waals surface area contributed by atoms with Gasteiger partial charge in [0.05, 0.1) is 12.1 Å². The number of aromatic nitrogens is 3. The Kier molecular flexibility index (Phi) is 7.31. The van der Waals surface area contributed by atoms with Gasteiger partial charge >= 0.3 is 0 Å². The first-order chi connectivity index (χ1) is 16.8. The Morgan fingerprint density at radius 1 is 1.09 bits per heavy atom. The van der Waals surface area contributed by atoms with E-state index >= 15 is 0 Å². The molecule has 1 atom stereocenters. The van der Waals surface area contributed by atoms with Crippen molar-refractivity contribution in [2.45, 2.75) is 58.8 Å². The highest BCUT2D eigenvalue weighted by molar-refractivity contribution is 7.09. The van der Waals surface area contributed by atoms with E-state index in [1.807, 2.05) is 93.7 Å². The maximum absolute atomic E-state index is 13.9. The molecule has 0 saturated heterocycles. The van der Waals surface area contributed by atoms with Crippen LogP contribution in [0.5, 0.6) is 0 Å². The van der Waals surface area contributed by atoms with Gasteiger partial charge in [-0.05, 0) is 56.3 Å². The van der Waals surface area contributed by atoms with Crippen LogP contribution in [0.15, 0.2) is 66.0 Å². The van der Waals surface area contributed by atoms with Gasteiger partial charge < -0.3 is 10.2 Å². The van der Waals surface area contributed by atoms with Crippen molar-refractivity contribution >= 4 is 34.2 Å². The molecule has 0 aliphatic rings. The molecule has 0 radical (unpaired) electrons. The second-order valence-electron chi connectivity index (χ2n) is 9.38. The summed E-state index contributed by atoms with van der Waals surface area (Å²) in [5.74, 6) is -0.404. The molecule has 2 heterocycles. The fraction of sp³-hybridized carbons (Fsp3) is 0.333. The van der Waals surface area contributed by atoms with Crippen LogP contribution in [0.4, 0.5) is 0 Å². The Morgan fingerprint density at radius 3 is 2.51 bits per heavy atom. The Morgan fingerprint density at radius 2 is 1.83 bits per heavy atom. The molecule has 4 rings (SSSR count). The topological polar surface area (TPSA) is 80.1 Å². The van der Waals surface area contributed by atoms with E-state index in [1.54, 1.807) is 20.9 Å². The van der Waals surface area contributed by atoms with Gasteiger partial charge in [-0.1, -0.05) is 60.2 Å². The van der Waals surface area contributed by atoms with Crippen molar-refractivity contribution in [2.75, 3.05) is 0 Å². The van der Waals surface area contributed by atoms with Crippen LogP contribution in [0.2, 0.25) is 0 Å². The smallest absolute Gasteiger partial charge is 0.247 e. The summed E-state index contributed by atoms with van der Waals surface area (Å²) in [4.78, 5) is 30.3. The first kappa shape index (κ1) is 24.6. The molecule has 35 heavy (non-hydrogen) atoms. The molecule has 1 N–H and O–H groups in total. The molecule has 4 aromatic rings. The Balaban J connectivity index is 1.74. The largest absolute Gasteiger partial charge is 0.349 e. The van der Waals surface area contributed by atoms with Crippen LogP contribution < -0.4 is 5.32 Å². The van der Waals surface area contributed by atoms with Gasteiger partial charge in [-0.2, -0.15) is 0 Å². The van der Waals surface area contributed by atoms with E-state index in [2.05, 4.69) is 15.6 Å². The first-order valence-electron chi connectivity index (χ1n) is 11.8. The number of rotatable bonds is 9. The number of amides is 2. The molecule has 2 aromatic carbocycles. The van der Waals surface area contributed by atoms with E-state index in [0.29, 0.717) is 6.54 Å². The molecule has 0 saturated carbocycles. The zero-order valence-electron chi connectivity index (χ0n) is 20.6. The highest BCUT2D eigenvalue weighted by atomic mass is 32.1. The van der Waals surface area contributed by atoms with Gasteiger partial charge in [-0.3, -0.25) is 9.59 Å². The number of hydrogen-bond acceptors (Lipinski definition) is 5. The number of aryl methyl sites for hydroxylation is 1. The van der Waals surface area contributed by atoms with Gasteiger partial charge in [-0.15, -0.1) is 16.4 Å². The molecule has 0 spiro atoms. The lowest BCUT2D eigenvalue weighted by atomic mass is 9.98. The van der Waals surface area contributed by atoms with Crippen LogP contribution in [0.25, 0.3) is 11.0 Å². The maximum atomic E-state index is 13.9. The molecule has 0 fully saturated rings. The first-order valence-corrected chi connectivity index (χ1v) is 12.6. The summed E-state index contributed by atoms with van der Waals surface area (Å²) in [7, 11) is 0. The number of fused-ring (bicyclic) bond motifs is 1. The second kappa shape index (κ2) is 10.4. The third kappa shape index (κ3) is 5.77. The zero-order valence-corrected chi connectivity index (χ0v) is 21.4. The normalized spacial score (nSPS) is 12.5. The summed E-state index contributed by atoms with van der Waals surface area (Å²) < 4.78 is 1.60.